The van der Waals surface area contributed by atoms with Crippen LogP contribution in [0, 0.1) is 11.8 Å². The van der Waals surface area contributed by atoms with Crippen LogP contribution in [-0.2, 0) is 15.8 Å². The molecule has 1 aliphatic heterocycles. The minimum absolute atomic E-state index is 0.00492. The van der Waals surface area contributed by atoms with Crippen LogP contribution < -0.4 is 10.6 Å². The monoisotopic (exact) mass is 501 g/mol. The smallest absolute Gasteiger partial charge is 0.354 e. The number of rotatable bonds is 7. The molecular formula is C25H26F3N5O3. The lowest BCUT2D eigenvalue weighted by Crippen LogP contribution is -2.39. The van der Waals surface area contributed by atoms with Gasteiger partial charge in [0.1, 0.15) is 0 Å². The number of benzene rings is 1. The first-order chi connectivity index (χ1) is 17.2. The summed E-state index contributed by atoms with van der Waals surface area (Å²) < 4.78 is 41.4. The van der Waals surface area contributed by atoms with Gasteiger partial charge >= 0.3 is 6.18 Å². The molecule has 190 valence electrons. The zero-order chi connectivity index (χ0) is 25.7. The van der Waals surface area contributed by atoms with Gasteiger partial charge in [-0.2, -0.15) is 18.3 Å². The van der Waals surface area contributed by atoms with E-state index in [2.05, 4.69) is 15.7 Å². The summed E-state index contributed by atoms with van der Waals surface area (Å²) in [6.07, 6.45) is 4.91. The van der Waals surface area contributed by atoms with Crippen LogP contribution in [0.2, 0.25) is 0 Å². The predicted molar refractivity (Wildman–Crippen MR) is 125 cm³/mol. The number of allylic oxidation sites excluding steroid dienone is 3. The normalized spacial score (nSPS) is 19.4. The molecule has 2 unspecified atom stereocenters. The third-order valence-electron chi connectivity index (χ3n) is 6.13. The lowest BCUT2D eigenvalue weighted by atomic mass is 9.99. The van der Waals surface area contributed by atoms with Crippen LogP contribution >= 0.6 is 0 Å². The Kier molecular flexibility index (Phi) is 7.56. The van der Waals surface area contributed by atoms with Crippen molar-refractivity contribution in [3.8, 4) is 5.69 Å². The SMILES string of the molecule is O=C(NCCNC(=O)C1CCN(C(=O)C2C=CC=CC2)C1)c1cn(-c2ccccc2)nc1C(F)(F)F. The molecule has 1 aromatic carbocycles. The summed E-state index contributed by atoms with van der Waals surface area (Å²) >= 11 is 0. The lowest BCUT2D eigenvalue weighted by Gasteiger charge is -2.21. The van der Waals surface area contributed by atoms with Crippen molar-refractivity contribution in [2.24, 2.45) is 11.8 Å². The van der Waals surface area contributed by atoms with Gasteiger partial charge in [-0.05, 0) is 25.0 Å². The van der Waals surface area contributed by atoms with Crippen LogP contribution in [0.25, 0.3) is 5.69 Å². The number of para-hydroxylation sites is 1. The summed E-state index contributed by atoms with van der Waals surface area (Å²) in [6, 6.07) is 8.16. The fourth-order valence-electron chi connectivity index (χ4n) is 4.24. The number of carbonyl (C=O) groups is 3. The first kappa shape index (κ1) is 25.2. The summed E-state index contributed by atoms with van der Waals surface area (Å²) in [5.41, 5.74) is -1.50. The Morgan fingerprint density at radius 1 is 1.06 bits per heavy atom. The van der Waals surface area contributed by atoms with Gasteiger partial charge in [0.15, 0.2) is 5.69 Å². The molecule has 36 heavy (non-hydrogen) atoms. The Morgan fingerprint density at radius 3 is 2.50 bits per heavy atom. The third kappa shape index (κ3) is 5.84. The first-order valence-electron chi connectivity index (χ1n) is 11.6. The molecular weight excluding hydrogens is 475 g/mol. The molecule has 2 heterocycles. The average molecular weight is 502 g/mol. The number of amides is 3. The molecule has 11 heteroatoms. The molecule has 0 spiro atoms. The number of hydrogen-bond acceptors (Lipinski definition) is 4. The summed E-state index contributed by atoms with van der Waals surface area (Å²) in [4.78, 5) is 39.3. The fraction of sp³-hybridized carbons (Fsp3) is 0.360. The van der Waals surface area contributed by atoms with Crippen molar-refractivity contribution in [3.63, 3.8) is 0 Å². The van der Waals surface area contributed by atoms with Crippen molar-refractivity contribution in [1.82, 2.24) is 25.3 Å². The molecule has 0 radical (unpaired) electrons. The van der Waals surface area contributed by atoms with Crippen molar-refractivity contribution in [3.05, 3.63) is 72.1 Å². The Hall–Kier alpha value is -3.89. The molecule has 4 rings (SSSR count). The van der Waals surface area contributed by atoms with Crippen molar-refractivity contribution < 1.29 is 27.6 Å². The lowest BCUT2D eigenvalue weighted by molar-refractivity contribution is -0.141. The second-order valence-corrected chi connectivity index (χ2v) is 8.64. The highest BCUT2D eigenvalue weighted by Gasteiger charge is 2.39. The number of aromatic nitrogens is 2. The van der Waals surface area contributed by atoms with E-state index in [0.717, 1.165) is 10.9 Å². The molecule has 0 bridgehead atoms. The first-order valence-corrected chi connectivity index (χ1v) is 11.6. The van der Waals surface area contributed by atoms with Crippen molar-refractivity contribution >= 4 is 17.7 Å². The summed E-state index contributed by atoms with van der Waals surface area (Å²) in [6.45, 7) is 0.790. The molecule has 2 aromatic rings. The number of carbonyl (C=O) groups excluding carboxylic acids is 3. The average Bonchev–Trinajstić information content (AvgIpc) is 3.55. The minimum atomic E-state index is -4.81. The number of hydrogen-bond donors (Lipinski definition) is 2. The van der Waals surface area contributed by atoms with Crippen LogP contribution in [0.5, 0.6) is 0 Å². The topological polar surface area (TPSA) is 96.3 Å². The predicted octanol–water partition coefficient (Wildman–Crippen LogP) is 2.72. The maximum atomic E-state index is 13.5. The molecule has 1 fully saturated rings. The molecule has 3 amide bonds. The van der Waals surface area contributed by atoms with Gasteiger partial charge in [-0.3, -0.25) is 14.4 Å². The van der Waals surface area contributed by atoms with Crippen LogP contribution in [0.15, 0.2) is 60.8 Å². The molecule has 0 saturated carbocycles. The maximum absolute atomic E-state index is 13.5. The molecule has 2 N–H and O–H groups in total. The molecule has 2 aliphatic rings. The Balaban J connectivity index is 1.27. The third-order valence-corrected chi connectivity index (χ3v) is 6.13. The van der Waals surface area contributed by atoms with Gasteiger partial charge in [0.05, 0.1) is 23.1 Å². The van der Waals surface area contributed by atoms with Crippen molar-refractivity contribution in [2.45, 2.75) is 19.0 Å². The van der Waals surface area contributed by atoms with Crippen LogP contribution in [0.3, 0.4) is 0 Å². The Morgan fingerprint density at radius 2 is 1.81 bits per heavy atom. The summed E-state index contributed by atoms with van der Waals surface area (Å²) in [7, 11) is 0. The number of alkyl halides is 3. The van der Waals surface area contributed by atoms with Crippen LogP contribution in [0.1, 0.15) is 28.9 Å². The number of likely N-dealkylation sites (tertiary alicyclic amines) is 1. The quantitative estimate of drug-likeness (QED) is 0.571. The molecule has 2 atom stereocenters. The molecule has 1 aromatic heterocycles. The van der Waals surface area contributed by atoms with Crippen LogP contribution in [0.4, 0.5) is 13.2 Å². The van der Waals surface area contributed by atoms with E-state index in [1.807, 2.05) is 24.3 Å². The largest absolute Gasteiger partial charge is 0.435 e. The van der Waals surface area contributed by atoms with Gasteiger partial charge in [0.2, 0.25) is 11.8 Å². The van der Waals surface area contributed by atoms with E-state index in [0.29, 0.717) is 31.6 Å². The van der Waals surface area contributed by atoms with E-state index in [1.165, 1.54) is 0 Å². The maximum Gasteiger partial charge on any atom is 0.435 e. The summed E-state index contributed by atoms with van der Waals surface area (Å²) in [5, 5.41) is 8.65. The van der Waals surface area contributed by atoms with E-state index < -0.39 is 23.3 Å². The number of nitrogens with one attached hydrogen (secondary N) is 2. The zero-order valence-electron chi connectivity index (χ0n) is 19.4. The van der Waals surface area contributed by atoms with E-state index in [1.54, 1.807) is 35.2 Å². The van der Waals surface area contributed by atoms with Crippen LogP contribution in [-0.4, -0.2) is 58.6 Å². The van der Waals surface area contributed by atoms with Crippen molar-refractivity contribution in [1.29, 1.82) is 0 Å². The fourth-order valence-corrected chi connectivity index (χ4v) is 4.24. The van der Waals surface area contributed by atoms with E-state index in [4.69, 9.17) is 0 Å². The standard InChI is InChI=1S/C25H26F3N5O3/c26-25(27,28)21-20(16-33(31-21)19-9-5-2-6-10-19)23(35)30-13-12-29-22(34)18-11-14-32(15-18)24(36)17-7-3-1-4-8-17/h1-7,9-10,16-18H,8,11-15H2,(H,29,34)(H,30,35). The highest BCUT2D eigenvalue weighted by molar-refractivity contribution is 5.95. The highest BCUT2D eigenvalue weighted by atomic mass is 19.4. The zero-order valence-corrected chi connectivity index (χ0v) is 19.4. The minimum Gasteiger partial charge on any atom is -0.354 e. The van der Waals surface area contributed by atoms with E-state index in [-0.39, 0.29) is 36.7 Å². The highest BCUT2D eigenvalue weighted by Crippen LogP contribution is 2.31. The Labute approximate surface area is 205 Å². The van der Waals surface area contributed by atoms with Gasteiger partial charge in [0, 0.05) is 32.4 Å². The van der Waals surface area contributed by atoms with Gasteiger partial charge < -0.3 is 15.5 Å². The van der Waals surface area contributed by atoms with Gasteiger partial charge in [-0.1, -0.05) is 42.5 Å². The van der Waals surface area contributed by atoms with Crippen molar-refractivity contribution in [2.75, 3.05) is 26.2 Å². The molecule has 8 nitrogen and oxygen atoms in total. The molecule has 1 aliphatic carbocycles. The Bertz CT molecular complexity index is 1170. The second kappa shape index (κ2) is 10.8. The molecule has 1 saturated heterocycles. The van der Waals surface area contributed by atoms with E-state index in [9.17, 15) is 27.6 Å². The van der Waals surface area contributed by atoms with Gasteiger partial charge in [-0.15, -0.1) is 0 Å². The number of nitrogens with zero attached hydrogens (tertiary/aromatic N) is 3. The second-order valence-electron chi connectivity index (χ2n) is 8.64. The van der Waals surface area contributed by atoms with E-state index >= 15 is 0 Å². The number of halogens is 3. The van der Waals surface area contributed by atoms with Gasteiger partial charge in [-0.25, -0.2) is 4.68 Å². The summed E-state index contributed by atoms with van der Waals surface area (Å²) in [5.74, 6) is -1.78. The van der Waals surface area contributed by atoms with Gasteiger partial charge in [0.25, 0.3) is 5.91 Å².